The number of thiophene rings is 1. The van der Waals surface area contributed by atoms with Crippen molar-refractivity contribution in [3.8, 4) is 11.5 Å². The molecule has 1 aromatic carbocycles. The first-order valence-corrected chi connectivity index (χ1v) is 6.95. The average molecular weight is 344 g/mol. The van der Waals surface area contributed by atoms with Crippen LogP contribution in [-0.4, -0.2) is 12.0 Å². The Labute approximate surface area is 122 Å². The zero-order valence-corrected chi connectivity index (χ0v) is 12.4. The standard InChI is InChI=1S/C12H10BrNO4S/c1-17-9-2-3-11(10(5-9)14(15)16)18-6-8-4-12(13)19-7-8/h2-5,7H,6H2,1H3. The van der Waals surface area contributed by atoms with E-state index in [4.69, 9.17) is 9.47 Å². The van der Waals surface area contributed by atoms with Crippen molar-refractivity contribution in [1.82, 2.24) is 0 Å². The van der Waals surface area contributed by atoms with E-state index in [0.717, 1.165) is 9.35 Å². The van der Waals surface area contributed by atoms with Gasteiger partial charge in [0.25, 0.3) is 0 Å². The van der Waals surface area contributed by atoms with Crippen LogP contribution in [0.25, 0.3) is 0 Å². The van der Waals surface area contributed by atoms with Gasteiger partial charge in [-0.3, -0.25) is 10.1 Å². The molecule has 0 aliphatic rings. The smallest absolute Gasteiger partial charge is 0.314 e. The van der Waals surface area contributed by atoms with E-state index in [9.17, 15) is 10.1 Å². The molecular formula is C12H10BrNO4S. The predicted octanol–water partition coefficient (Wildman–Crippen LogP) is 4.01. The van der Waals surface area contributed by atoms with Crippen molar-refractivity contribution < 1.29 is 14.4 Å². The fourth-order valence-corrected chi connectivity index (χ4v) is 2.67. The number of ether oxygens (including phenoxy) is 2. The zero-order chi connectivity index (χ0) is 13.8. The number of methoxy groups -OCH3 is 1. The van der Waals surface area contributed by atoms with E-state index in [1.165, 1.54) is 24.5 Å². The van der Waals surface area contributed by atoms with Crippen LogP contribution in [0.5, 0.6) is 11.5 Å². The number of nitrogens with zero attached hydrogens (tertiary/aromatic N) is 1. The first kappa shape index (κ1) is 13.8. The highest BCUT2D eigenvalue weighted by atomic mass is 79.9. The highest BCUT2D eigenvalue weighted by molar-refractivity contribution is 9.11. The van der Waals surface area contributed by atoms with E-state index < -0.39 is 4.92 Å². The fraction of sp³-hybridized carbons (Fsp3) is 0.167. The maximum atomic E-state index is 11.0. The lowest BCUT2D eigenvalue weighted by atomic mass is 10.2. The molecule has 2 rings (SSSR count). The van der Waals surface area contributed by atoms with Gasteiger partial charge in [-0.05, 0) is 39.5 Å². The Morgan fingerprint density at radius 3 is 2.79 bits per heavy atom. The summed E-state index contributed by atoms with van der Waals surface area (Å²) < 4.78 is 11.4. The van der Waals surface area contributed by atoms with Gasteiger partial charge in [-0.1, -0.05) is 0 Å². The minimum atomic E-state index is -0.485. The van der Waals surface area contributed by atoms with Crippen molar-refractivity contribution in [2.75, 3.05) is 7.11 Å². The molecular weight excluding hydrogens is 334 g/mol. The van der Waals surface area contributed by atoms with Crippen LogP contribution in [0, 0.1) is 10.1 Å². The lowest BCUT2D eigenvalue weighted by Crippen LogP contribution is -1.98. The summed E-state index contributed by atoms with van der Waals surface area (Å²) in [5.41, 5.74) is 0.857. The SMILES string of the molecule is COc1ccc(OCc2csc(Br)c2)c([N+](=O)[O-])c1. The van der Waals surface area contributed by atoms with Crippen LogP contribution in [-0.2, 0) is 6.61 Å². The van der Waals surface area contributed by atoms with Crippen LogP contribution < -0.4 is 9.47 Å². The molecule has 2 aromatic rings. The molecule has 0 unspecified atom stereocenters. The third-order valence-corrected chi connectivity index (χ3v) is 3.93. The van der Waals surface area contributed by atoms with Crippen LogP contribution in [0.1, 0.15) is 5.56 Å². The predicted molar refractivity (Wildman–Crippen MR) is 76.0 cm³/mol. The van der Waals surface area contributed by atoms with Gasteiger partial charge in [-0.25, -0.2) is 0 Å². The van der Waals surface area contributed by atoms with E-state index in [1.54, 1.807) is 12.1 Å². The van der Waals surface area contributed by atoms with E-state index in [2.05, 4.69) is 15.9 Å². The minimum Gasteiger partial charge on any atom is -0.496 e. The first-order valence-electron chi connectivity index (χ1n) is 5.28. The fourth-order valence-electron chi connectivity index (χ4n) is 1.47. The van der Waals surface area contributed by atoms with Gasteiger partial charge in [-0.2, -0.15) is 0 Å². The van der Waals surface area contributed by atoms with Gasteiger partial charge >= 0.3 is 5.69 Å². The molecule has 0 aliphatic carbocycles. The highest BCUT2D eigenvalue weighted by Crippen LogP contribution is 2.32. The molecule has 1 heterocycles. The quantitative estimate of drug-likeness (QED) is 0.607. The van der Waals surface area contributed by atoms with Gasteiger partial charge in [0.1, 0.15) is 12.4 Å². The van der Waals surface area contributed by atoms with Crippen molar-refractivity contribution in [3.05, 3.63) is 49.1 Å². The first-order chi connectivity index (χ1) is 9.10. The van der Waals surface area contributed by atoms with Gasteiger partial charge < -0.3 is 9.47 Å². The molecule has 19 heavy (non-hydrogen) atoms. The maximum Gasteiger partial charge on any atom is 0.314 e. The van der Waals surface area contributed by atoms with Gasteiger partial charge in [0.05, 0.1) is 21.9 Å². The average Bonchev–Trinajstić information content (AvgIpc) is 2.82. The largest absolute Gasteiger partial charge is 0.496 e. The Kier molecular flexibility index (Phi) is 4.39. The highest BCUT2D eigenvalue weighted by Gasteiger charge is 2.16. The molecule has 5 nitrogen and oxygen atoms in total. The molecule has 0 fully saturated rings. The van der Waals surface area contributed by atoms with E-state index in [1.807, 2.05) is 11.4 Å². The molecule has 100 valence electrons. The summed E-state index contributed by atoms with van der Waals surface area (Å²) in [5, 5.41) is 12.9. The summed E-state index contributed by atoms with van der Waals surface area (Å²) in [4.78, 5) is 10.5. The Bertz CT molecular complexity index is 599. The second kappa shape index (κ2) is 6.03. The van der Waals surface area contributed by atoms with E-state index >= 15 is 0 Å². The number of benzene rings is 1. The molecule has 0 saturated carbocycles. The maximum absolute atomic E-state index is 11.0. The number of hydrogen-bond donors (Lipinski definition) is 0. The summed E-state index contributed by atoms with van der Waals surface area (Å²) in [6.07, 6.45) is 0. The Morgan fingerprint density at radius 2 is 2.21 bits per heavy atom. The summed E-state index contributed by atoms with van der Waals surface area (Å²) >= 11 is 4.89. The van der Waals surface area contributed by atoms with Gasteiger partial charge in [0.15, 0.2) is 5.75 Å². The molecule has 0 aliphatic heterocycles. The van der Waals surface area contributed by atoms with Crippen molar-refractivity contribution in [1.29, 1.82) is 0 Å². The second-order valence-electron chi connectivity index (χ2n) is 3.64. The van der Waals surface area contributed by atoms with Crippen LogP contribution in [0.4, 0.5) is 5.69 Å². The molecule has 0 saturated heterocycles. The molecule has 0 spiro atoms. The number of halogens is 1. The van der Waals surface area contributed by atoms with Crippen molar-refractivity contribution in [3.63, 3.8) is 0 Å². The Balaban J connectivity index is 2.17. The second-order valence-corrected chi connectivity index (χ2v) is 5.93. The molecule has 0 radical (unpaired) electrons. The van der Waals surface area contributed by atoms with Crippen LogP contribution in [0.15, 0.2) is 33.4 Å². The Hall–Kier alpha value is -1.60. The zero-order valence-electron chi connectivity index (χ0n) is 9.96. The lowest BCUT2D eigenvalue weighted by molar-refractivity contribution is -0.386. The summed E-state index contributed by atoms with van der Waals surface area (Å²) in [5.74, 6) is 0.658. The van der Waals surface area contributed by atoms with Crippen LogP contribution >= 0.6 is 27.3 Å². The van der Waals surface area contributed by atoms with Crippen molar-refractivity contribution in [2.24, 2.45) is 0 Å². The summed E-state index contributed by atoms with van der Waals surface area (Å²) in [6, 6.07) is 6.43. The number of nitro groups is 1. The third kappa shape index (κ3) is 3.45. The third-order valence-electron chi connectivity index (χ3n) is 2.38. The van der Waals surface area contributed by atoms with Crippen LogP contribution in [0.3, 0.4) is 0 Å². The van der Waals surface area contributed by atoms with E-state index in [-0.39, 0.29) is 18.0 Å². The molecule has 7 heteroatoms. The summed E-state index contributed by atoms with van der Waals surface area (Å²) in [7, 11) is 1.46. The van der Waals surface area contributed by atoms with Crippen molar-refractivity contribution >= 4 is 33.0 Å². The van der Waals surface area contributed by atoms with Gasteiger partial charge in [0.2, 0.25) is 0 Å². The topological polar surface area (TPSA) is 61.6 Å². The van der Waals surface area contributed by atoms with E-state index in [0.29, 0.717) is 5.75 Å². The van der Waals surface area contributed by atoms with Gasteiger partial charge in [-0.15, -0.1) is 11.3 Å². The minimum absolute atomic E-state index is 0.103. The number of rotatable bonds is 5. The molecule has 1 aromatic heterocycles. The van der Waals surface area contributed by atoms with Gasteiger partial charge in [0, 0.05) is 5.56 Å². The molecule has 0 atom stereocenters. The molecule has 0 bridgehead atoms. The number of nitro benzene ring substituents is 1. The normalized spacial score (nSPS) is 10.2. The summed E-state index contributed by atoms with van der Waals surface area (Å²) in [6.45, 7) is 0.287. The number of hydrogen-bond acceptors (Lipinski definition) is 5. The molecule has 0 N–H and O–H groups in total. The Morgan fingerprint density at radius 1 is 1.42 bits per heavy atom. The van der Waals surface area contributed by atoms with Crippen molar-refractivity contribution in [2.45, 2.75) is 6.61 Å². The van der Waals surface area contributed by atoms with Crippen LogP contribution in [0.2, 0.25) is 0 Å². The lowest BCUT2D eigenvalue weighted by Gasteiger charge is -2.07. The monoisotopic (exact) mass is 343 g/mol. The molecule has 0 amide bonds.